The van der Waals surface area contributed by atoms with Gasteiger partial charge in [0, 0.05) is 6.54 Å². The molecular weight excluding hydrogens is 200 g/mol. The summed E-state index contributed by atoms with van der Waals surface area (Å²) in [6, 6.07) is 0. The van der Waals surface area contributed by atoms with Gasteiger partial charge in [-0.1, -0.05) is 13.8 Å². The maximum absolute atomic E-state index is 12.3. The van der Waals surface area contributed by atoms with Crippen molar-refractivity contribution in [3.63, 3.8) is 0 Å². The van der Waals surface area contributed by atoms with E-state index in [4.69, 9.17) is 0 Å². The standard InChI is InChI=1S/C13H24N2O/c1-3-13(6-8-14-9-7-13)11(16)15-10-12(2)4-5-12/h14H,3-10H2,1-2H3,(H,15,16). The van der Waals surface area contributed by atoms with Crippen molar-refractivity contribution in [2.24, 2.45) is 10.8 Å². The molecule has 2 aliphatic rings. The third-order valence-corrected chi connectivity index (χ3v) is 4.50. The first-order chi connectivity index (χ1) is 7.60. The van der Waals surface area contributed by atoms with E-state index in [9.17, 15) is 4.79 Å². The molecule has 92 valence electrons. The second kappa shape index (κ2) is 4.36. The molecule has 0 aromatic rings. The third-order valence-electron chi connectivity index (χ3n) is 4.50. The maximum Gasteiger partial charge on any atom is 0.226 e. The van der Waals surface area contributed by atoms with E-state index in [0.29, 0.717) is 11.3 Å². The van der Waals surface area contributed by atoms with Crippen molar-refractivity contribution in [2.75, 3.05) is 19.6 Å². The normalized spacial score (nSPS) is 26.1. The van der Waals surface area contributed by atoms with Gasteiger partial charge in [-0.3, -0.25) is 4.79 Å². The van der Waals surface area contributed by atoms with Gasteiger partial charge >= 0.3 is 0 Å². The van der Waals surface area contributed by atoms with Crippen molar-refractivity contribution in [2.45, 2.75) is 46.0 Å². The first-order valence-corrected chi connectivity index (χ1v) is 6.59. The molecule has 3 heteroatoms. The van der Waals surface area contributed by atoms with Crippen molar-refractivity contribution in [1.29, 1.82) is 0 Å². The second-order valence-electron chi connectivity index (χ2n) is 5.88. The van der Waals surface area contributed by atoms with E-state index in [1.165, 1.54) is 12.8 Å². The van der Waals surface area contributed by atoms with Crippen LogP contribution in [0.15, 0.2) is 0 Å². The third kappa shape index (κ3) is 2.40. The number of nitrogens with one attached hydrogen (secondary N) is 2. The fourth-order valence-corrected chi connectivity index (χ4v) is 2.52. The van der Waals surface area contributed by atoms with Crippen molar-refractivity contribution in [3.05, 3.63) is 0 Å². The number of hydrogen-bond donors (Lipinski definition) is 2. The molecule has 1 amide bonds. The van der Waals surface area contributed by atoms with E-state index in [0.717, 1.165) is 38.9 Å². The molecule has 1 heterocycles. The minimum atomic E-state index is -0.0868. The molecule has 0 aromatic heterocycles. The van der Waals surface area contributed by atoms with E-state index < -0.39 is 0 Å². The molecule has 1 aliphatic carbocycles. The summed E-state index contributed by atoms with van der Waals surface area (Å²) in [4.78, 5) is 12.3. The number of carbonyl (C=O) groups is 1. The van der Waals surface area contributed by atoms with Crippen molar-refractivity contribution in [3.8, 4) is 0 Å². The number of piperidine rings is 1. The fourth-order valence-electron chi connectivity index (χ4n) is 2.52. The molecule has 2 N–H and O–H groups in total. The van der Waals surface area contributed by atoms with Crippen LogP contribution in [-0.2, 0) is 4.79 Å². The SMILES string of the molecule is CCC1(C(=O)NCC2(C)CC2)CCNCC1. The highest BCUT2D eigenvalue weighted by molar-refractivity contribution is 5.82. The van der Waals surface area contributed by atoms with Crippen LogP contribution in [-0.4, -0.2) is 25.5 Å². The number of hydrogen-bond acceptors (Lipinski definition) is 2. The van der Waals surface area contributed by atoms with Gasteiger partial charge in [-0.25, -0.2) is 0 Å². The number of rotatable bonds is 4. The zero-order valence-electron chi connectivity index (χ0n) is 10.6. The van der Waals surface area contributed by atoms with Gasteiger partial charge < -0.3 is 10.6 Å². The van der Waals surface area contributed by atoms with Crippen LogP contribution >= 0.6 is 0 Å². The minimum Gasteiger partial charge on any atom is -0.355 e. The van der Waals surface area contributed by atoms with Gasteiger partial charge in [0.15, 0.2) is 0 Å². The Kier molecular flexibility index (Phi) is 3.24. The van der Waals surface area contributed by atoms with E-state index >= 15 is 0 Å². The number of carbonyl (C=O) groups excluding carboxylic acids is 1. The zero-order chi connectivity index (χ0) is 11.6. The van der Waals surface area contributed by atoms with Gasteiger partial charge in [-0.05, 0) is 50.6 Å². The maximum atomic E-state index is 12.3. The predicted molar refractivity (Wildman–Crippen MR) is 65.2 cm³/mol. The number of amides is 1. The Morgan fingerprint density at radius 2 is 1.88 bits per heavy atom. The molecule has 3 nitrogen and oxygen atoms in total. The highest BCUT2D eigenvalue weighted by Crippen LogP contribution is 2.44. The molecule has 0 spiro atoms. The van der Waals surface area contributed by atoms with Crippen LogP contribution in [0, 0.1) is 10.8 Å². The summed E-state index contributed by atoms with van der Waals surface area (Å²) in [7, 11) is 0. The largest absolute Gasteiger partial charge is 0.355 e. The Labute approximate surface area is 98.4 Å². The van der Waals surface area contributed by atoms with Gasteiger partial charge in [0.25, 0.3) is 0 Å². The average molecular weight is 224 g/mol. The van der Waals surface area contributed by atoms with Crippen LogP contribution in [0.2, 0.25) is 0 Å². The summed E-state index contributed by atoms with van der Waals surface area (Å²) in [6.45, 7) is 7.25. The Balaban J connectivity index is 1.89. The van der Waals surface area contributed by atoms with E-state index in [1.807, 2.05) is 0 Å². The Bertz CT molecular complexity index is 265. The molecule has 2 rings (SSSR count). The zero-order valence-corrected chi connectivity index (χ0v) is 10.6. The van der Waals surface area contributed by atoms with E-state index in [-0.39, 0.29) is 5.41 Å². The van der Waals surface area contributed by atoms with Crippen LogP contribution in [0.1, 0.15) is 46.0 Å². The lowest BCUT2D eigenvalue weighted by Gasteiger charge is -2.35. The highest BCUT2D eigenvalue weighted by atomic mass is 16.2. The van der Waals surface area contributed by atoms with E-state index in [2.05, 4.69) is 24.5 Å². The van der Waals surface area contributed by atoms with Gasteiger partial charge in [0.05, 0.1) is 5.41 Å². The molecule has 16 heavy (non-hydrogen) atoms. The van der Waals surface area contributed by atoms with Crippen molar-refractivity contribution < 1.29 is 4.79 Å². The first kappa shape index (κ1) is 11.9. The van der Waals surface area contributed by atoms with Crippen LogP contribution in [0.25, 0.3) is 0 Å². The minimum absolute atomic E-state index is 0.0868. The lowest BCUT2D eigenvalue weighted by atomic mass is 9.76. The summed E-state index contributed by atoms with van der Waals surface area (Å²) < 4.78 is 0. The Morgan fingerprint density at radius 1 is 1.25 bits per heavy atom. The predicted octanol–water partition coefficient (Wildman–Crippen LogP) is 1.68. The molecular formula is C13H24N2O. The van der Waals surface area contributed by atoms with Crippen LogP contribution < -0.4 is 10.6 Å². The second-order valence-corrected chi connectivity index (χ2v) is 5.88. The lowest BCUT2D eigenvalue weighted by Crippen LogP contribution is -2.48. The Morgan fingerprint density at radius 3 is 2.38 bits per heavy atom. The first-order valence-electron chi connectivity index (χ1n) is 6.59. The van der Waals surface area contributed by atoms with Gasteiger partial charge in [-0.2, -0.15) is 0 Å². The van der Waals surface area contributed by atoms with Gasteiger partial charge in [0.2, 0.25) is 5.91 Å². The summed E-state index contributed by atoms with van der Waals surface area (Å²) in [6.07, 6.45) is 5.50. The van der Waals surface area contributed by atoms with Gasteiger partial charge in [0.1, 0.15) is 0 Å². The quantitative estimate of drug-likeness (QED) is 0.763. The molecule has 0 bridgehead atoms. The van der Waals surface area contributed by atoms with Crippen LogP contribution in [0.3, 0.4) is 0 Å². The van der Waals surface area contributed by atoms with Crippen molar-refractivity contribution in [1.82, 2.24) is 10.6 Å². The molecule has 1 saturated heterocycles. The Hall–Kier alpha value is -0.570. The molecule has 0 radical (unpaired) electrons. The fraction of sp³-hybridized carbons (Fsp3) is 0.923. The van der Waals surface area contributed by atoms with Crippen LogP contribution in [0.5, 0.6) is 0 Å². The molecule has 1 saturated carbocycles. The monoisotopic (exact) mass is 224 g/mol. The summed E-state index contributed by atoms with van der Waals surface area (Å²) in [5, 5.41) is 6.51. The molecule has 1 aliphatic heterocycles. The van der Waals surface area contributed by atoms with Gasteiger partial charge in [-0.15, -0.1) is 0 Å². The summed E-state index contributed by atoms with van der Waals surface area (Å²) >= 11 is 0. The molecule has 0 unspecified atom stereocenters. The summed E-state index contributed by atoms with van der Waals surface area (Å²) in [5.41, 5.74) is 0.327. The topological polar surface area (TPSA) is 41.1 Å². The van der Waals surface area contributed by atoms with Crippen molar-refractivity contribution >= 4 is 5.91 Å². The molecule has 0 aromatic carbocycles. The highest BCUT2D eigenvalue weighted by Gasteiger charge is 2.41. The molecule has 2 fully saturated rings. The van der Waals surface area contributed by atoms with E-state index in [1.54, 1.807) is 0 Å². The average Bonchev–Trinajstić information content (AvgIpc) is 3.06. The lowest BCUT2D eigenvalue weighted by molar-refractivity contribution is -0.133. The smallest absolute Gasteiger partial charge is 0.226 e. The van der Waals surface area contributed by atoms with Crippen LogP contribution in [0.4, 0.5) is 0 Å². The summed E-state index contributed by atoms with van der Waals surface area (Å²) in [5.74, 6) is 0.296. The molecule has 0 atom stereocenters.